The second kappa shape index (κ2) is 7.57. The van der Waals surface area contributed by atoms with Gasteiger partial charge in [-0.1, -0.05) is 23.7 Å². The summed E-state index contributed by atoms with van der Waals surface area (Å²) in [5.41, 5.74) is 2.23. The maximum Gasteiger partial charge on any atom is 0.262 e. The number of amides is 2. The highest BCUT2D eigenvalue weighted by Gasteiger charge is 2.29. The molecule has 0 aliphatic heterocycles. The van der Waals surface area contributed by atoms with Crippen LogP contribution in [0.2, 0.25) is 5.02 Å². The normalized spacial score (nSPS) is 13.2. The first kappa shape index (κ1) is 17.3. The van der Waals surface area contributed by atoms with Gasteiger partial charge in [-0.15, -0.1) is 0 Å². The first-order valence-electron chi connectivity index (χ1n) is 8.11. The number of rotatable bonds is 6. The highest BCUT2D eigenvalue weighted by atomic mass is 35.5. The predicted molar refractivity (Wildman–Crippen MR) is 98.1 cm³/mol. The molecule has 0 radical (unpaired) electrons. The van der Waals surface area contributed by atoms with E-state index in [9.17, 15) is 9.59 Å². The van der Waals surface area contributed by atoms with Crippen LogP contribution in [0.3, 0.4) is 0 Å². The van der Waals surface area contributed by atoms with E-state index in [1.54, 1.807) is 36.4 Å². The molecule has 3 rings (SSSR count). The van der Waals surface area contributed by atoms with Crippen molar-refractivity contribution in [2.75, 3.05) is 17.2 Å². The van der Waals surface area contributed by atoms with Crippen LogP contribution >= 0.6 is 11.6 Å². The third kappa shape index (κ3) is 4.97. The quantitative estimate of drug-likeness (QED) is 0.819. The third-order valence-corrected chi connectivity index (χ3v) is 4.13. The molecule has 6 heteroatoms. The van der Waals surface area contributed by atoms with Gasteiger partial charge < -0.3 is 15.4 Å². The molecule has 25 heavy (non-hydrogen) atoms. The van der Waals surface area contributed by atoms with E-state index < -0.39 is 0 Å². The zero-order valence-electron chi connectivity index (χ0n) is 13.8. The molecule has 0 spiro atoms. The van der Waals surface area contributed by atoms with E-state index in [0.717, 1.165) is 18.4 Å². The molecule has 1 fully saturated rings. The Morgan fingerprint density at radius 1 is 1.16 bits per heavy atom. The standard InChI is InChI=1S/C19H19ClN2O3/c1-12-5-8-17(16(20)9-12)22-18(23)11-25-15-4-2-3-14(10-15)21-19(24)13-6-7-13/h2-5,8-10,13H,6-7,11H2,1H3,(H,21,24)(H,22,23). The number of hydrogen-bond acceptors (Lipinski definition) is 3. The first-order chi connectivity index (χ1) is 12.0. The molecule has 0 atom stereocenters. The molecule has 2 N–H and O–H groups in total. The van der Waals surface area contributed by atoms with E-state index in [2.05, 4.69) is 10.6 Å². The Labute approximate surface area is 151 Å². The zero-order valence-corrected chi connectivity index (χ0v) is 14.6. The van der Waals surface area contributed by atoms with Crippen LogP contribution in [0.4, 0.5) is 11.4 Å². The van der Waals surface area contributed by atoms with Gasteiger partial charge >= 0.3 is 0 Å². The minimum absolute atomic E-state index is 0.0314. The summed E-state index contributed by atoms with van der Waals surface area (Å²) < 4.78 is 5.50. The number of anilines is 2. The van der Waals surface area contributed by atoms with Gasteiger partial charge in [0.25, 0.3) is 5.91 Å². The van der Waals surface area contributed by atoms with Crippen molar-refractivity contribution >= 4 is 34.8 Å². The minimum Gasteiger partial charge on any atom is -0.484 e. The van der Waals surface area contributed by atoms with E-state index in [0.29, 0.717) is 22.1 Å². The van der Waals surface area contributed by atoms with E-state index in [1.165, 1.54) is 0 Å². The molecule has 0 heterocycles. The van der Waals surface area contributed by atoms with Crippen LogP contribution in [-0.2, 0) is 9.59 Å². The van der Waals surface area contributed by atoms with Gasteiger partial charge in [0.2, 0.25) is 5.91 Å². The van der Waals surface area contributed by atoms with Gasteiger partial charge in [-0.3, -0.25) is 9.59 Å². The Morgan fingerprint density at radius 2 is 1.96 bits per heavy atom. The third-order valence-electron chi connectivity index (χ3n) is 3.82. The smallest absolute Gasteiger partial charge is 0.262 e. The predicted octanol–water partition coefficient (Wildman–Crippen LogP) is 4.01. The van der Waals surface area contributed by atoms with Crippen LogP contribution in [0.15, 0.2) is 42.5 Å². The average Bonchev–Trinajstić information content (AvgIpc) is 3.41. The van der Waals surface area contributed by atoms with Gasteiger partial charge in [-0.25, -0.2) is 0 Å². The topological polar surface area (TPSA) is 67.4 Å². The van der Waals surface area contributed by atoms with Crippen molar-refractivity contribution < 1.29 is 14.3 Å². The average molecular weight is 359 g/mol. The number of hydrogen-bond donors (Lipinski definition) is 2. The molecule has 1 saturated carbocycles. The van der Waals surface area contributed by atoms with Gasteiger partial charge in [0, 0.05) is 17.7 Å². The summed E-state index contributed by atoms with van der Waals surface area (Å²) in [7, 11) is 0. The fourth-order valence-corrected chi connectivity index (χ4v) is 2.59. The summed E-state index contributed by atoms with van der Waals surface area (Å²) in [4.78, 5) is 23.8. The van der Waals surface area contributed by atoms with E-state index in [-0.39, 0.29) is 24.3 Å². The maximum atomic E-state index is 12.0. The van der Waals surface area contributed by atoms with E-state index in [4.69, 9.17) is 16.3 Å². The molecule has 130 valence electrons. The van der Waals surface area contributed by atoms with Crippen molar-refractivity contribution in [1.82, 2.24) is 0 Å². The zero-order chi connectivity index (χ0) is 17.8. The Morgan fingerprint density at radius 3 is 2.68 bits per heavy atom. The van der Waals surface area contributed by atoms with Crippen molar-refractivity contribution in [3.8, 4) is 5.75 Å². The number of carbonyl (C=O) groups excluding carboxylic acids is 2. The summed E-state index contributed by atoms with van der Waals surface area (Å²) in [6, 6.07) is 12.4. The van der Waals surface area contributed by atoms with Crippen molar-refractivity contribution in [3.63, 3.8) is 0 Å². The van der Waals surface area contributed by atoms with Gasteiger partial charge in [0.15, 0.2) is 6.61 Å². The van der Waals surface area contributed by atoms with Gasteiger partial charge in [0.1, 0.15) is 5.75 Å². The molecule has 2 amide bonds. The Hall–Kier alpha value is -2.53. The number of benzene rings is 2. The van der Waals surface area contributed by atoms with Crippen LogP contribution in [0.5, 0.6) is 5.75 Å². The monoisotopic (exact) mass is 358 g/mol. The van der Waals surface area contributed by atoms with Crippen LogP contribution < -0.4 is 15.4 Å². The lowest BCUT2D eigenvalue weighted by atomic mass is 10.2. The van der Waals surface area contributed by atoms with Crippen molar-refractivity contribution in [2.45, 2.75) is 19.8 Å². The summed E-state index contributed by atoms with van der Waals surface area (Å²) >= 11 is 6.09. The highest BCUT2D eigenvalue weighted by Crippen LogP contribution is 2.30. The Balaban J connectivity index is 1.53. The van der Waals surface area contributed by atoms with Crippen molar-refractivity contribution in [2.24, 2.45) is 5.92 Å². The molecule has 1 aliphatic carbocycles. The number of carbonyl (C=O) groups is 2. The second-order valence-corrected chi connectivity index (χ2v) is 6.52. The summed E-state index contributed by atoms with van der Waals surface area (Å²) in [5, 5.41) is 6.04. The van der Waals surface area contributed by atoms with Crippen LogP contribution in [0.25, 0.3) is 0 Å². The van der Waals surface area contributed by atoms with Gasteiger partial charge in [-0.2, -0.15) is 0 Å². The molecule has 0 unspecified atom stereocenters. The molecule has 1 aliphatic rings. The van der Waals surface area contributed by atoms with Crippen LogP contribution in [0, 0.1) is 12.8 Å². The highest BCUT2D eigenvalue weighted by molar-refractivity contribution is 6.33. The lowest BCUT2D eigenvalue weighted by Gasteiger charge is -2.10. The summed E-state index contributed by atoms with van der Waals surface area (Å²) in [5.74, 6) is 0.371. The number of nitrogens with one attached hydrogen (secondary N) is 2. The van der Waals surface area contributed by atoms with Gasteiger partial charge in [0.05, 0.1) is 10.7 Å². The van der Waals surface area contributed by atoms with E-state index in [1.807, 2.05) is 13.0 Å². The fraction of sp³-hybridized carbons (Fsp3) is 0.263. The molecular formula is C19H19ClN2O3. The fourth-order valence-electron chi connectivity index (χ4n) is 2.31. The minimum atomic E-state index is -0.307. The van der Waals surface area contributed by atoms with Crippen LogP contribution in [0.1, 0.15) is 18.4 Å². The molecule has 2 aromatic carbocycles. The number of aryl methyl sites for hydroxylation is 1. The molecule has 0 bridgehead atoms. The van der Waals surface area contributed by atoms with Crippen molar-refractivity contribution in [3.05, 3.63) is 53.1 Å². The Bertz CT molecular complexity index is 803. The maximum absolute atomic E-state index is 12.0. The van der Waals surface area contributed by atoms with Crippen LogP contribution in [-0.4, -0.2) is 18.4 Å². The lowest BCUT2D eigenvalue weighted by molar-refractivity contribution is -0.118. The number of ether oxygens (including phenoxy) is 1. The summed E-state index contributed by atoms with van der Waals surface area (Å²) in [6.45, 7) is 1.78. The molecule has 2 aromatic rings. The lowest BCUT2D eigenvalue weighted by Crippen LogP contribution is -2.20. The largest absolute Gasteiger partial charge is 0.484 e. The molecule has 0 saturated heterocycles. The molecular weight excluding hydrogens is 340 g/mol. The second-order valence-electron chi connectivity index (χ2n) is 6.11. The SMILES string of the molecule is Cc1ccc(NC(=O)COc2cccc(NC(=O)C3CC3)c2)c(Cl)c1. The van der Waals surface area contributed by atoms with Crippen molar-refractivity contribution in [1.29, 1.82) is 0 Å². The molecule has 0 aromatic heterocycles. The van der Waals surface area contributed by atoms with Gasteiger partial charge in [-0.05, 0) is 49.6 Å². The van der Waals surface area contributed by atoms with E-state index >= 15 is 0 Å². The summed E-state index contributed by atoms with van der Waals surface area (Å²) in [6.07, 6.45) is 1.90. The first-order valence-corrected chi connectivity index (χ1v) is 8.49. The number of halogens is 1. The molecule has 5 nitrogen and oxygen atoms in total. The Kier molecular flexibility index (Phi) is 5.24.